The minimum Gasteiger partial charge on any atom is -0.453 e. The Bertz CT molecular complexity index is 992. The zero-order valence-electron chi connectivity index (χ0n) is 12.4. The van der Waals surface area contributed by atoms with Crippen LogP contribution in [-0.2, 0) is 17.9 Å². The second-order valence-corrected chi connectivity index (χ2v) is 4.76. The van der Waals surface area contributed by atoms with Crippen molar-refractivity contribution in [2.45, 2.75) is 13.2 Å². The fourth-order valence-electron chi connectivity index (χ4n) is 2.17. The van der Waals surface area contributed by atoms with Gasteiger partial charge in [0, 0.05) is 12.4 Å². The summed E-state index contributed by atoms with van der Waals surface area (Å²) in [6.45, 7) is -0.439. The van der Waals surface area contributed by atoms with E-state index in [0.717, 1.165) is 0 Å². The standard InChI is InChI=1S/C16H11N5O3/c17-5-8-21-14(10-24-16(23)13-9-18-6-7-19-13)20-12-4-2-1-3-11(12)15(21)22/h1-4,6-7,9H,8,10H2. The molecule has 0 amide bonds. The molecule has 0 aliphatic carbocycles. The van der Waals surface area contributed by atoms with Gasteiger partial charge in [-0.3, -0.25) is 14.3 Å². The first-order valence-electron chi connectivity index (χ1n) is 6.99. The predicted octanol–water partition coefficient (Wildman–Crippen LogP) is 1.07. The third-order valence-corrected chi connectivity index (χ3v) is 3.27. The summed E-state index contributed by atoms with van der Waals surface area (Å²) < 4.78 is 6.32. The molecule has 0 aliphatic heterocycles. The quantitative estimate of drug-likeness (QED) is 0.661. The van der Waals surface area contributed by atoms with Gasteiger partial charge in [-0.25, -0.2) is 14.8 Å². The molecule has 0 bridgehead atoms. The zero-order valence-corrected chi connectivity index (χ0v) is 12.4. The third-order valence-electron chi connectivity index (χ3n) is 3.27. The van der Waals surface area contributed by atoms with Crippen LogP contribution in [0.25, 0.3) is 10.9 Å². The van der Waals surface area contributed by atoms with Crippen molar-refractivity contribution in [2.24, 2.45) is 0 Å². The minimum atomic E-state index is -0.686. The molecule has 0 radical (unpaired) electrons. The molecule has 24 heavy (non-hydrogen) atoms. The average molecular weight is 321 g/mol. The first kappa shape index (κ1) is 15.3. The largest absolute Gasteiger partial charge is 0.453 e. The van der Waals surface area contributed by atoms with Gasteiger partial charge in [-0.2, -0.15) is 5.26 Å². The lowest BCUT2D eigenvalue weighted by molar-refractivity contribution is 0.0449. The van der Waals surface area contributed by atoms with E-state index in [-0.39, 0.29) is 30.2 Å². The lowest BCUT2D eigenvalue weighted by Crippen LogP contribution is -2.26. The van der Waals surface area contributed by atoms with Crippen LogP contribution in [0.3, 0.4) is 0 Å². The average Bonchev–Trinajstić information content (AvgIpc) is 2.63. The molecule has 0 atom stereocenters. The number of ether oxygens (including phenoxy) is 1. The van der Waals surface area contributed by atoms with E-state index in [9.17, 15) is 9.59 Å². The Balaban J connectivity index is 1.94. The van der Waals surface area contributed by atoms with E-state index in [1.165, 1.54) is 23.2 Å². The number of carbonyl (C=O) groups excluding carboxylic acids is 1. The molecule has 0 spiro atoms. The predicted molar refractivity (Wildman–Crippen MR) is 82.8 cm³/mol. The molecule has 3 aromatic rings. The summed E-state index contributed by atoms with van der Waals surface area (Å²) >= 11 is 0. The van der Waals surface area contributed by atoms with Crippen molar-refractivity contribution in [1.29, 1.82) is 5.26 Å². The summed E-state index contributed by atoms with van der Waals surface area (Å²) in [7, 11) is 0. The lowest BCUT2D eigenvalue weighted by Gasteiger charge is -2.11. The number of para-hydroxylation sites is 1. The van der Waals surface area contributed by atoms with E-state index in [1.54, 1.807) is 24.3 Å². The number of nitriles is 1. The van der Waals surface area contributed by atoms with Crippen LogP contribution in [0.1, 0.15) is 16.3 Å². The van der Waals surface area contributed by atoms with Gasteiger partial charge in [-0.15, -0.1) is 0 Å². The van der Waals surface area contributed by atoms with E-state index in [0.29, 0.717) is 10.9 Å². The van der Waals surface area contributed by atoms with Crippen molar-refractivity contribution in [3.05, 3.63) is 64.7 Å². The molecule has 118 valence electrons. The van der Waals surface area contributed by atoms with Crippen LogP contribution in [0.15, 0.2) is 47.7 Å². The van der Waals surface area contributed by atoms with Gasteiger partial charge >= 0.3 is 5.97 Å². The van der Waals surface area contributed by atoms with E-state index in [4.69, 9.17) is 10.00 Å². The molecule has 0 N–H and O–H groups in total. The van der Waals surface area contributed by atoms with E-state index < -0.39 is 5.97 Å². The van der Waals surface area contributed by atoms with Crippen molar-refractivity contribution < 1.29 is 9.53 Å². The summed E-state index contributed by atoms with van der Waals surface area (Å²) in [4.78, 5) is 36.3. The topological polar surface area (TPSA) is 111 Å². The van der Waals surface area contributed by atoms with Crippen LogP contribution in [0.5, 0.6) is 0 Å². The Morgan fingerprint density at radius 1 is 1.29 bits per heavy atom. The Kier molecular flexibility index (Phi) is 4.25. The highest BCUT2D eigenvalue weighted by Gasteiger charge is 2.14. The zero-order chi connectivity index (χ0) is 16.9. The summed E-state index contributed by atoms with van der Waals surface area (Å²) in [6.07, 6.45) is 4.08. The van der Waals surface area contributed by atoms with Gasteiger partial charge in [0.25, 0.3) is 5.56 Å². The van der Waals surface area contributed by atoms with Gasteiger partial charge < -0.3 is 4.74 Å². The van der Waals surface area contributed by atoms with Crippen LogP contribution in [0, 0.1) is 11.3 Å². The molecule has 0 aliphatic rings. The van der Waals surface area contributed by atoms with Crippen LogP contribution >= 0.6 is 0 Å². The number of carbonyl (C=O) groups is 1. The van der Waals surface area contributed by atoms with Crippen LogP contribution in [0.4, 0.5) is 0 Å². The molecule has 2 heterocycles. The molecule has 8 nitrogen and oxygen atoms in total. The van der Waals surface area contributed by atoms with Crippen LogP contribution in [0.2, 0.25) is 0 Å². The Labute approximate surface area is 136 Å². The second-order valence-electron chi connectivity index (χ2n) is 4.76. The van der Waals surface area contributed by atoms with Crippen LogP contribution in [-0.4, -0.2) is 25.5 Å². The normalized spacial score (nSPS) is 10.3. The molecule has 1 aromatic carbocycles. The van der Waals surface area contributed by atoms with E-state index in [1.807, 2.05) is 6.07 Å². The number of rotatable bonds is 4. The minimum absolute atomic E-state index is 0.0486. The second kappa shape index (κ2) is 6.66. The highest BCUT2D eigenvalue weighted by atomic mass is 16.5. The SMILES string of the molecule is N#CCn1c(COC(=O)c2cnccn2)nc2ccccc2c1=O. The smallest absolute Gasteiger partial charge is 0.358 e. The van der Waals surface area contributed by atoms with Gasteiger partial charge in [0.15, 0.2) is 11.5 Å². The number of benzene rings is 1. The number of nitrogens with zero attached hydrogens (tertiary/aromatic N) is 5. The Morgan fingerprint density at radius 2 is 2.12 bits per heavy atom. The number of hydrogen-bond acceptors (Lipinski definition) is 7. The van der Waals surface area contributed by atoms with Crippen molar-refractivity contribution in [2.75, 3.05) is 0 Å². The van der Waals surface area contributed by atoms with Gasteiger partial charge in [-0.05, 0) is 12.1 Å². The van der Waals surface area contributed by atoms with Gasteiger partial charge in [-0.1, -0.05) is 12.1 Å². The van der Waals surface area contributed by atoms with Crippen molar-refractivity contribution in [1.82, 2.24) is 19.5 Å². The highest BCUT2D eigenvalue weighted by molar-refractivity contribution is 5.86. The lowest BCUT2D eigenvalue weighted by atomic mass is 10.2. The molecule has 0 unspecified atom stereocenters. The molecular weight excluding hydrogens is 310 g/mol. The molecule has 2 aromatic heterocycles. The van der Waals surface area contributed by atoms with Crippen molar-refractivity contribution >= 4 is 16.9 Å². The number of esters is 1. The monoisotopic (exact) mass is 321 g/mol. The number of hydrogen-bond donors (Lipinski definition) is 0. The molecule has 0 saturated heterocycles. The fraction of sp³-hybridized carbons (Fsp3) is 0.125. The summed E-state index contributed by atoms with van der Waals surface area (Å²) in [5.74, 6) is -0.494. The fourth-order valence-corrected chi connectivity index (χ4v) is 2.17. The molecule has 0 fully saturated rings. The van der Waals surface area contributed by atoms with Gasteiger partial charge in [0.2, 0.25) is 0 Å². The van der Waals surface area contributed by atoms with E-state index >= 15 is 0 Å². The molecule has 8 heteroatoms. The maximum absolute atomic E-state index is 12.5. The Morgan fingerprint density at radius 3 is 2.88 bits per heavy atom. The molecule has 3 rings (SSSR count). The molecular formula is C16H11N5O3. The third kappa shape index (κ3) is 2.96. The van der Waals surface area contributed by atoms with E-state index in [2.05, 4.69) is 15.0 Å². The highest BCUT2D eigenvalue weighted by Crippen LogP contribution is 2.09. The summed E-state index contributed by atoms with van der Waals surface area (Å²) in [6, 6.07) is 8.69. The maximum atomic E-state index is 12.5. The van der Waals surface area contributed by atoms with Crippen LogP contribution < -0.4 is 5.56 Å². The van der Waals surface area contributed by atoms with Gasteiger partial charge in [0.1, 0.15) is 13.2 Å². The summed E-state index contributed by atoms with van der Waals surface area (Å²) in [5, 5.41) is 9.33. The van der Waals surface area contributed by atoms with Crippen molar-refractivity contribution in [3.8, 4) is 6.07 Å². The van der Waals surface area contributed by atoms with Gasteiger partial charge in [0.05, 0.1) is 23.2 Å². The molecule has 0 saturated carbocycles. The number of fused-ring (bicyclic) bond motifs is 1. The summed E-state index contributed by atoms with van der Waals surface area (Å²) in [5.41, 5.74) is 0.169. The first-order valence-corrected chi connectivity index (χ1v) is 6.99. The maximum Gasteiger partial charge on any atom is 0.358 e. The first-order chi connectivity index (χ1) is 11.7. The Hall–Kier alpha value is -3.60. The van der Waals surface area contributed by atoms with Crippen molar-refractivity contribution in [3.63, 3.8) is 0 Å². The number of aromatic nitrogens is 4.